The molecule has 0 aromatic heterocycles. The van der Waals surface area contributed by atoms with Crippen molar-refractivity contribution < 1.29 is 5.21 Å². The Kier molecular flexibility index (Phi) is 3.35. The van der Waals surface area contributed by atoms with Crippen LogP contribution in [0.1, 0.15) is 17.5 Å². The molecule has 1 aliphatic rings. The van der Waals surface area contributed by atoms with Crippen LogP contribution in [0.2, 0.25) is 0 Å². The van der Waals surface area contributed by atoms with Gasteiger partial charge in [-0.05, 0) is 24.0 Å². The average Bonchev–Trinajstić information content (AvgIpc) is 2.29. The van der Waals surface area contributed by atoms with Crippen molar-refractivity contribution in [2.45, 2.75) is 19.4 Å². The number of rotatable bonds is 3. The van der Waals surface area contributed by atoms with Crippen LogP contribution in [-0.4, -0.2) is 29.4 Å². The van der Waals surface area contributed by atoms with Gasteiger partial charge in [-0.1, -0.05) is 24.3 Å². The molecule has 15 heavy (non-hydrogen) atoms. The minimum absolute atomic E-state index is 0.818. The lowest BCUT2D eigenvalue weighted by Gasteiger charge is -2.28. The molecule has 1 heterocycles. The maximum atomic E-state index is 8.30. The molecule has 1 aromatic rings. The van der Waals surface area contributed by atoms with Gasteiger partial charge in [-0.3, -0.25) is 4.90 Å². The minimum atomic E-state index is 0.818. The van der Waals surface area contributed by atoms with Crippen LogP contribution in [0.4, 0.5) is 0 Å². The first-order valence-corrected chi connectivity index (χ1v) is 5.35. The SMILES string of the molecule is O/N=C/CCN1CCc2ccccc2C1. The van der Waals surface area contributed by atoms with Gasteiger partial charge < -0.3 is 5.21 Å². The Balaban J connectivity index is 1.94. The van der Waals surface area contributed by atoms with E-state index < -0.39 is 0 Å². The first kappa shape index (κ1) is 10.2. The number of fused-ring (bicyclic) bond motifs is 1. The molecule has 0 fully saturated rings. The van der Waals surface area contributed by atoms with E-state index in [0.717, 1.165) is 32.5 Å². The Hall–Kier alpha value is -1.35. The zero-order valence-corrected chi connectivity index (χ0v) is 8.76. The molecular weight excluding hydrogens is 188 g/mol. The van der Waals surface area contributed by atoms with Gasteiger partial charge in [-0.25, -0.2) is 0 Å². The van der Waals surface area contributed by atoms with E-state index >= 15 is 0 Å². The second-order valence-corrected chi connectivity index (χ2v) is 3.88. The van der Waals surface area contributed by atoms with Crippen LogP contribution in [-0.2, 0) is 13.0 Å². The summed E-state index contributed by atoms with van der Waals surface area (Å²) in [7, 11) is 0. The molecular formula is C12H16N2O. The predicted octanol–water partition coefficient (Wildman–Crippen LogP) is 1.89. The van der Waals surface area contributed by atoms with E-state index in [1.807, 2.05) is 0 Å². The Bertz CT molecular complexity index is 349. The standard InChI is InChI=1S/C12H16N2O/c15-13-7-3-8-14-9-6-11-4-1-2-5-12(11)10-14/h1-2,4-5,7,15H,3,6,8-10H2/b13-7+. The van der Waals surface area contributed by atoms with E-state index in [-0.39, 0.29) is 0 Å². The van der Waals surface area contributed by atoms with Gasteiger partial charge in [0, 0.05) is 25.8 Å². The fourth-order valence-electron chi connectivity index (χ4n) is 2.04. The lowest BCUT2D eigenvalue weighted by Crippen LogP contribution is -2.31. The van der Waals surface area contributed by atoms with E-state index in [2.05, 4.69) is 34.3 Å². The second-order valence-electron chi connectivity index (χ2n) is 3.88. The first-order chi connectivity index (χ1) is 7.40. The van der Waals surface area contributed by atoms with Crippen molar-refractivity contribution in [3.63, 3.8) is 0 Å². The summed E-state index contributed by atoms with van der Waals surface area (Å²) in [6.07, 6.45) is 3.51. The van der Waals surface area contributed by atoms with Crippen LogP contribution in [0, 0.1) is 0 Å². The maximum absolute atomic E-state index is 8.30. The summed E-state index contributed by atoms with van der Waals surface area (Å²) in [5.41, 5.74) is 2.91. The highest BCUT2D eigenvalue weighted by Gasteiger charge is 2.14. The molecule has 2 rings (SSSR count). The maximum Gasteiger partial charge on any atom is 0.0448 e. The van der Waals surface area contributed by atoms with Crippen LogP contribution in [0.3, 0.4) is 0 Å². The third-order valence-corrected chi connectivity index (χ3v) is 2.87. The highest BCUT2D eigenvalue weighted by Crippen LogP contribution is 2.18. The molecule has 0 bridgehead atoms. The molecule has 0 amide bonds. The van der Waals surface area contributed by atoms with Gasteiger partial charge >= 0.3 is 0 Å². The highest BCUT2D eigenvalue weighted by molar-refractivity contribution is 5.56. The van der Waals surface area contributed by atoms with E-state index in [0.29, 0.717) is 0 Å². The van der Waals surface area contributed by atoms with Crippen molar-refractivity contribution in [3.8, 4) is 0 Å². The summed E-state index contributed by atoms with van der Waals surface area (Å²) >= 11 is 0. The van der Waals surface area contributed by atoms with Gasteiger partial charge in [0.15, 0.2) is 0 Å². The molecule has 3 heteroatoms. The molecule has 0 atom stereocenters. The summed E-state index contributed by atoms with van der Waals surface area (Å²) in [4.78, 5) is 2.39. The molecule has 1 aromatic carbocycles. The Morgan fingerprint density at radius 2 is 2.13 bits per heavy atom. The van der Waals surface area contributed by atoms with Crippen LogP contribution in [0.25, 0.3) is 0 Å². The van der Waals surface area contributed by atoms with Crippen LogP contribution < -0.4 is 0 Å². The normalized spacial score (nSPS) is 16.8. The molecule has 0 saturated carbocycles. The van der Waals surface area contributed by atoms with Crippen molar-refractivity contribution in [1.29, 1.82) is 0 Å². The van der Waals surface area contributed by atoms with Crippen molar-refractivity contribution >= 4 is 6.21 Å². The number of nitrogens with zero attached hydrogens (tertiary/aromatic N) is 2. The van der Waals surface area contributed by atoms with Gasteiger partial charge in [0.05, 0.1) is 0 Å². The number of oxime groups is 1. The summed E-state index contributed by atoms with van der Waals surface area (Å²) in [5.74, 6) is 0. The smallest absolute Gasteiger partial charge is 0.0448 e. The predicted molar refractivity (Wildman–Crippen MR) is 60.3 cm³/mol. The number of hydrogen-bond donors (Lipinski definition) is 1. The van der Waals surface area contributed by atoms with Crippen LogP contribution in [0.15, 0.2) is 29.4 Å². The molecule has 0 spiro atoms. The molecule has 0 radical (unpaired) electrons. The van der Waals surface area contributed by atoms with Crippen molar-refractivity contribution in [1.82, 2.24) is 4.90 Å². The molecule has 0 unspecified atom stereocenters. The lowest BCUT2D eigenvalue weighted by atomic mass is 10.00. The van der Waals surface area contributed by atoms with Gasteiger partial charge in [0.2, 0.25) is 0 Å². The Morgan fingerprint density at radius 3 is 2.93 bits per heavy atom. The Labute approximate surface area is 90.0 Å². The van der Waals surface area contributed by atoms with E-state index in [9.17, 15) is 0 Å². The fourth-order valence-corrected chi connectivity index (χ4v) is 2.04. The molecule has 0 aliphatic carbocycles. The first-order valence-electron chi connectivity index (χ1n) is 5.35. The van der Waals surface area contributed by atoms with Gasteiger partial charge in [-0.2, -0.15) is 0 Å². The molecule has 1 N–H and O–H groups in total. The quantitative estimate of drug-likeness (QED) is 0.463. The van der Waals surface area contributed by atoms with Crippen molar-refractivity contribution in [2.75, 3.05) is 13.1 Å². The van der Waals surface area contributed by atoms with Gasteiger partial charge in [0.1, 0.15) is 0 Å². The average molecular weight is 204 g/mol. The topological polar surface area (TPSA) is 35.8 Å². The van der Waals surface area contributed by atoms with Crippen molar-refractivity contribution in [2.24, 2.45) is 5.16 Å². The summed E-state index contributed by atoms with van der Waals surface area (Å²) in [6, 6.07) is 8.61. The molecule has 0 saturated heterocycles. The van der Waals surface area contributed by atoms with Gasteiger partial charge in [0.25, 0.3) is 0 Å². The molecule has 3 nitrogen and oxygen atoms in total. The summed E-state index contributed by atoms with van der Waals surface area (Å²) in [6.45, 7) is 3.10. The van der Waals surface area contributed by atoms with E-state index in [4.69, 9.17) is 5.21 Å². The fraction of sp³-hybridized carbons (Fsp3) is 0.417. The third-order valence-electron chi connectivity index (χ3n) is 2.87. The molecule has 80 valence electrons. The lowest BCUT2D eigenvalue weighted by molar-refractivity contribution is 0.260. The highest BCUT2D eigenvalue weighted by atomic mass is 16.4. The molecule has 1 aliphatic heterocycles. The summed E-state index contributed by atoms with van der Waals surface area (Å²) < 4.78 is 0. The van der Waals surface area contributed by atoms with Crippen molar-refractivity contribution in [3.05, 3.63) is 35.4 Å². The number of benzene rings is 1. The van der Waals surface area contributed by atoms with E-state index in [1.165, 1.54) is 11.1 Å². The monoisotopic (exact) mass is 204 g/mol. The Morgan fingerprint density at radius 1 is 1.33 bits per heavy atom. The van der Waals surface area contributed by atoms with Gasteiger partial charge in [-0.15, -0.1) is 5.16 Å². The second kappa shape index (κ2) is 4.94. The van der Waals surface area contributed by atoms with Crippen LogP contribution >= 0.6 is 0 Å². The zero-order chi connectivity index (χ0) is 10.5. The summed E-state index contributed by atoms with van der Waals surface area (Å²) in [5, 5.41) is 11.3. The minimum Gasteiger partial charge on any atom is -0.411 e. The third kappa shape index (κ3) is 2.57. The number of hydrogen-bond acceptors (Lipinski definition) is 3. The van der Waals surface area contributed by atoms with Crippen LogP contribution in [0.5, 0.6) is 0 Å². The zero-order valence-electron chi connectivity index (χ0n) is 8.76. The largest absolute Gasteiger partial charge is 0.411 e. The van der Waals surface area contributed by atoms with E-state index in [1.54, 1.807) is 6.21 Å².